The Kier molecular flexibility index (Phi) is 5.10. The summed E-state index contributed by atoms with van der Waals surface area (Å²) >= 11 is -3.88. The molecule has 0 aromatic rings. The Morgan fingerprint density at radius 3 is 1.67 bits per heavy atom. The summed E-state index contributed by atoms with van der Waals surface area (Å²) in [5.74, 6) is -0.349. The van der Waals surface area contributed by atoms with Crippen molar-refractivity contribution >= 4 is 22.2 Å². The summed E-state index contributed by atoms with van der Waals surface area (Å²) in [5.41, 5.74) is 0. The molecular weight excluding hydrogens is 166 g/mol. The minimum Gasteiger partial charge on any atom is -0.305 e. The van der Waals surface area contributed by atoms with E-state index in [2.05, 4.69) is 5.32 Å². The molecule has 0 bridgehead atoms. The lowest BCUT2D eigenvalue weighted by atomic mass is 11.2. The lowest BCUT2D eigenvalue weighted by molar-refractivity contribution is 0.550. The van der Waals surface area contributed by atoms with Gasteiger partial charge in [0.1, 0.15) is 0 Å². The molecule has 7 heteroatoms. The van der Waals surface area contributed by atoms with Crippen molar-refractivity contribution in [1.29, 1.82) is 0 Å². The van der Waals surface area contributed by atoms with Crippen LogP contribution in [0.3, 0.4) is 0 Å². The minimum absolute atomic E-state index is 0.174. The van der Waals surface area contributed by atoms with Crippen LogP contribution in [-0.4, -0.2) is 29.3 Å². The maximum Gasteiger partial charge on any atom is 0.167 e. The Balaban J connectivity index is 3.10. The Hall–Kier alpha value is 0.180. The highest BCUT2D eigenvalue weighted by molar-refractivity contribution is 7.80. The normalized spacial score (nSPS) is 17.1. The average molecular weight is 173 g/mol. The van der Waals surface area contributed by atoms with Crippen molar-refractivity contribution in [2.45, 2.75) is 0 Å². The summed E-state index contributed by atoms with van der Waals surface area (Å²) in [5, 5.41) is 2.28. The molecule has 0 aromatic carbocycles. The molecule has 2 atom stereocenters. The number of hydrogen-bond acceptors (Lipinski definition) is 3. The van der Waals surface area contributed by atoms with Gasteiger partial charge in [0, 0.05) is 0 Å². The van der Waals surface area contributed by atoms with E-state index in [-0.39, 0.29) is 11.8 Å². The summed E-state index contributed by atoms with van der Waals surface area (Å²) in [6, 6.07) is 0. The molecule has 3 N–H and O–H groups in total. The van der Waals surface area contributed by atoms with E-state index in [1.807, 2.05) is 0 Å². The summed E-state index contributed by atoms with van der Waals surface area (Å²) < 4.78 is 35.9. The molecule has 56 valence electrons. The summed E-state index contributed by atoms with van der Waals surface area (Å²) in [6.07, 6.45) is 0. The zero-order valence-corrected chi connectivity index (χ0v) is 6.07. The van der Waals surface area contributed by atoms with Crippen LogP contribution >= 0.6 is 0 Å². The van der Waals surface area contributed by atoms with Crippen LogP contribution in [-0.2, 0) is 22.2 Å². The van der Waals surface area contributed by atoms with Gasteiger partial charge in [0.25, 0.3) is 0 Å². The Morgan fingerprint density at radius 1 is 1.11 bits per heavy atom. The van der Waals surface area contributed by atoms with Crippen molar-refractivity contribution in [2.75, 3.05) is 11.8 Å². The smallest absolute Gasteiger partial charge is 0.167 e. The highest BCUT2D eigenvalue weighted by Crippen LogP contribution is 1.70. The first-order valence-electron chi connectivity index (χ1n) is 1.98. The zero-order valence-electron chi connectivity index (χ0n) is 4.44. The topological polar surface area (TPSA) is 86.6 Å². The number of hydrogen-bond donors (Lipinski definition) is 3. The quantitative estimate of drug-likeness (QED) is 0.471. The van der Waals surface area contributed by atoms with Gasteiger partial charge in [-0.15, -0.1) is 0 Å². The third-order valence-corrected chi connectivity index (χ3v) is 1.35. The summed E-state index contributed by atoms with van der Waals surface area (Å²) in [7, 11) is 0. The minimum atomic E-state index is -1.94. The van der Waals surface area contributed by atoms with Crippen LogP contribution < -0.4 is 5.32 Å². The van der Waals surface area contributed by atoms with Crippen LogP contribution in [0.4, 0.5) is 0 Å². The van der Waals surface area contributed by atoms with Gasteiger partial charge >= 0.3 is 0 Å². The van der Waals surface area contributed by atoms with E-state index < -0.39 is 22.2 Å². The maximum atomic E-state index is 9.85. The van der Waals surface area contributed by atoms with Crippen molar-refractivity contribution in [3.63, 3.8) is 0 Å². The molecule has 0 amide bonds. The first kappa shape index (κ1) is 9.18. The van der Waals surface area contributed by atoms with E-state index in [4.69, 9.17) is 9.11 Å². The van der Waals surface area contributed by atoms with E-state index in [1.165, 1.54) is 0 Å². The molecule has 0 saturated heterocycles. The molecule has 5 nitrogen and oxygen atoms in total. The van der Waals surface area contributed by atoms with Gasteiger partial charge in [0.05, 0.1) is 11.8 Å². The number of rotatable bonds is 4. The molecule has 0 saturated carbocycles. The third kappa shape index (κ3) is 8.18. The molecule has 0 aliphatic carbocycles. The molecule has 9 heavy (non-hydrogen) atoms. The van der Waals surface area contributed by atoms with E-state index in [0.29, 0.717) is 0 Å². The first-order valence-corrected chi connectivity index (χ1v) is 4.53. The van der Waals surface area contributed by atoms with Crippen molar-refractivity contribution in [2.24, 2.45) is 0 Å². The monoisotopic (exact) mass is 173 g/mol. The van der Waals surface area contributed by atoms with Crippen molar-refractivity contribution < 1.29 is 17.5 Å². The molecule has 0 radical (unpaired) electrons. The van der Waals surface area contributed by atoms with Gasteiger partial charge in [-0.05, 0) is 0 Å². The lowest BCUT2D eigenvalue weighted by Crippen LogP contribution is -2.22. The van der Waals surface area contributed by atoms with Crippen molar-refractivity contribution in [3.05, 3.63) is 0 Å². The largest absolute Gasteiger partial charge is 0.305 e. The fourth-order valence-corrected chi connectivity index (χ4v) is 0.899. The van der Waals surface area contributed by atoms with Crippen LogP contribution in [0.2, 0.25) is 0 Å². The zero-order chi connectivity index (χ0) is 7.28. The standard InChI is InChI=1S/C2H7NO4S2/c4-8(5)1-3-2-9(6)7/h3H,1-2H2,(H,4,5)(H,6,7). The van der Waals surface area contributed by atoms with E-state index in [1.54, 1.807) is 0 Å². The van der Waals surface area contributed by atoms with Gasteiger partial charge in [-0.25, -0.2) is 8.42 Å². The second kappa shape index (κ2) is 5.00. The fraction of sp³-hybridized carbons (Fsp3) is 1.00. The molecule has 0 aliphatic heterocycles. The predicted octanol–water partition coefficient (Wildman–Crippen LogP) is -1.07. The molecular formula is C2H7NO4S2. The molecule has 2 unspecified atom stereocenters. The summed E-state index contributed by atoms with van der Waals surface area (Å²) in [6.45, 7) is 0. The second-order valence-corrected chi connectivity index (χ2v) is 3.04. The van der Waals surface area contributed by atoms with Crippen molar-refractivity contribution in [3.8, 4) is 0 Å². The molecule has 0 aromatic heterocycles. The molecule has 0 fully saturated rings. The predicted molar refractivity (Wildman–Crippen MR) is 34.4 cm³/mol. The number of nitrogens with one attached hydrogen (secondary N) is 1. The molecule has 0 aliphatic rings. The first-order chi connectivity index (χ1) is 4.13. The van der Waals surface area contributed by atoms with Gasteiger partial charge in [0.15, 0.2) is 22.2 Å². The molecule has 0 rings (SSSR count). The van der Waals surface area contributed by atoms with E-state index in [0.717, 1.165) is 0 Å². The van der Waals surface area contributed by atoms with Crippen LogP contribution in [0.5, 0.6) is 0 Å². The van der Waals surface area contributed by atoms with Crippen molar-refractivity contribution in [1.82, 2.24) is 5.32 Å². The van der Waals surface area contributed by atoms with Gasteiger partial charge in [-0.3, -0.25) is 5.32 Å². The molecule has 0 heterocycles. The Labute approximate surface area is 57.4 Å². The van der Waals surface area contributed by atoms with E-state index in [9.17, 15) is 8.42 Å². The van der Waals surface area contributed by atoms with Crippen LogP contribution in [0, 0.1) is 0 Å². The second-order valence-electron chi connectivity index (χ2n) is 1.18. The van der Waals surface area contributed by atoms with Crippen LogP contribution in [0.25, 0.3) is 0 Å². The summed E-state index contributed by atoms with van der Waals surface area (Å²) in [4.78, 5) is 0. The van der Waals surface area contributed by atoms with Gasteiger partial charge in [-0.2, -0.15) is 0 Å². The van der Waals surface area contributed by atoms with E-state index >= 15 is 0 Å². The highest BCUT2D eigenvalue weighted by atomic mass is 32.2. The average Bonchev–Trinajstić information content (AvgIpc) is 1.63. The van der Waals surface area contributed by atoms with Crippen LogP contribution in [0.15, 0.2) is 0 Å². The highest BCUT2D eigenvalue weighted by Gasteiger charge is 1.93. The molecule has 0 spiro atoms. The fourth-order valence-electron chi connectivity index (χ4n) is 0.216. The Bertz CT molecular complexity index is 112. The third-order valence-electron chi connectivity index (χ3n) is 0.451. The Morgan fingerprint density at radius 2 is 1.44 bits per heavy atom. The maximum absolute atomic E-state index is 9.85. The van der Waals surface area contributed by atoms with Crippen LogP contribution in [0.1, 0.15) is 0 Å². The van der Waals surface area contributed by atoms with Gasteiger partial charge in [0.2, 0.25) is 0 Å². The van der Waals surface area contributed by atoms with Gasteiger partial charge in [-0.1, -0.05) is 0 Å². The lowest BCUT2D eigenvalue weighted by Gasteiger charge is -1.94. The van der Waals surface area contributed by atoms with Gasteiger partial charge < -0.3 is 9.11 Å². The SMILES string of the molecule is O=S(O)CNCS(=O)O.